The Labute approximate surface area is 169 Å². The van der Waals surface area contributed by atoms with E-state index in [0.29, 0.717) is 49.6 Å². The van der Waals surface area contributed by atoms with Gasteiger partial charge in [-0.3, -0.25) is 4.79 Å². The lowest BCUT2D eigenvalue weighted by molar-refractivity contribution is -0.123. The van der Waals surface area contributed by atoms with Gasteiger partial charge in [0.1, 0.15) is 10.7 Å². The van der Waals surface area contributed by atoms with Crippen LogP contribution < -0.4 is 4.90 Å². The number of amidine groups is 1. The number of rotatable bonds is 3. The molecule has 0 atom stereocenters. The predicted octanol–water partition coefficient (Wildman–Crippen LogP) is 3.04. The second kappa shape index (κ2) is 7.59. The highest BCUT2D eigenvalue weighted by molar-refractivity contribution is 7.90. The van der Waals surface area contributed by atoms with Gasteiger partial charge in [-0.05, 0) is 56.2 Å². The maximum atomic E-state index is 13.2. The summed E-state index contributed by atoms with van der Waals surface area (Å²) < 4.78 is 41.7. The van der Waals surface area contributed by atoms with E-state index < -0.39 is 10.0 Å². The Morgan fingerprint density at radius 2 is 1.79 bits per heavy atom. The highest BCUT2D eigenvalue weighted by atomic mass is 32.2. The standard InChI is InChI=1S/C21H22FN3O3S/c1-2-25(17-9-7-16(22)8-10-17)21(26)15-11-13-24(14-12-15)20-18-5-3-4-6-19(18)29(27,28)23-20/h3-10,15H,2,11-14H2,1H3. The molecule has 0 unspecified atom stereocenters. The molecular weight excluding hydrogens is 393 g/mol. The Balaban J connectivity index is 1.47. The van der Waals surface area contributed by atoms with Gasteiger partial charge in [0.2, 0.25) is 5.91 Å². The number of likely N-dealkylation sites (tertiary alicyclic amines) is 1. The second-order valence-electron chi connectivity index (χ2n) is 7.21. The van der Waals surface area contributed by atoms with Crippen molar-refractivity contribution in [3.8, 4) is 0 Å². The maximum Gasteiger partial charge on any atom is 0.285 e. The molecule has 1 amide bonds. The highest BCUT2D eigenvalue weighted by Gasteiger charge is 2.35. The van der Waals surface area contributed by atoms with Crippen molar-refractivity contribution < 1.29 is 17.6 Å². The fourth-order valence-electron chi connectivity index (χ4n) is 3.96. The molecule has 0 aromatic heterocycles. The van der Waals surface area contributed by atoms with Crippen molar-refractivity contribution in [1.29, 1.82) is 0 Å². The van der Waals surface area contributed by atoms with E-state index in [4.69, 9.17) is 0 Å². The number of amides is 1. The Hall–Kier alpha value is -2.74. The van der Waals surface area contributed by atoms with Crippen LogP contribution in [0.1, 0.15) is 25.3 Å². The minimum Gasteiger partial charge on any atom is -0.355 e. The van der Waals surface area contributed by atoms with Gasteiger partial charge < -0.3 is 9.80 Å². The van der Waals surface area contributed by atoms with Gasteiger partial charge in [0.05, 0.1) is 0 Å². The third kappa shape index (κ3) is 3.64. The van der Waals surface area contributed by atoms with Crippen LogP contribution in [0.15, 0.2) is 57.8 Å². The number of carbonyl (C=O) groups is 1. The topological polar surface area (TPSA) is 70.1 Å². The van der Waals surface area contributed by atoms with Crippen molar-refractivity contribution in [2.45, 2.75) is 24.7 Å². The van der Waals surface area contributed by atoms with E-state index >= 15 is 0 Å². The molecule has 0 aliphatic carbocycles. The third-order valence-electron chi connectivity index (χ3n) is 5.48. The summed E-state index contributed by atoms with van der Waals surface area (Å²) in [6, 6.07) is 12.8. The molecule has 2 aromatic carbocycles. The number of sulfonamides is 1. The zero-order valence-corrected chi connectivity index (χ0v) is 16.9. The smallest absolute Gasteiger partial charge is 0.285 e. The van der Waals surface area contributed by atoms with Gasteiger partial charge in [-0.15, -0.1) is 4.40 Å². The molecule has 29 heavy (non-hydrogen) atoms. The van der Waals surface area contributed by atoms with Crippen molar-refractivity contribution in [2.75, 3.05) is 24.5 Å². The molecule has 2 aliphatic heterocycles. The first kappa shape index (κ1) is 19.6. The zero-order valence-electron chi connectivity index (χ0n) is 16.1. The number of carbonyl (C=O) groups excluding carboxylic acids is 1. The third-order valence-corrected chi connectivity index (χ3v) is 6.80. The van der Waals surface area contributed by atoms with Crippen LogP contribution in [0.25, 0.3) is 0 Å². The maximum absolute atomic E-state index is 13.2. The SMILES string of the molecule is CCN(C(=O)C1CCN(C2=NS(=O)(=O)c3ccccc32)CC1)c1ccc(F)cc1. The van der Waals surface area contributed by atoms with Gasteiger partial charge in [-0.1, -0.05) is 12.1 Å². The van der Waals surface area contributed by atoms with E-state index in [2.05, 4.69) is 4.40 Å². The van der Waals surface area contributed by atoms with E-state index in [-0.39, 0.29) is 22.5 Å². The molecule has 0 radical (unpaired) electrons. The first-order valence-electron chi connectivity index (χ1n) is 9.67. The van der Waals surface area contributed by atoms with Crippen molar-refractivity contribution in [3.63, 3.8) is 0 Å². The van der Waals surface area contributed by atoms with Crippen molar-refractivity contribution >= 4 is 27.5 Å². The van der Waals surface area contributed by atoms with Gasteiger partial charge in [0, 0.05) is 36.8 Å². The lowest BCUT2D eigenvalue weighted by Crippen LogP contribution is -2.44. The molecule has 6 nitrogen and oxygen atoms in total. The van der Waals surface area contributed by atoms with Gasteiger partial charge in [-0.2, -0.15) is 8.42 Å². The van der Waals surface area contributed by atoms with Crippen LogP contribution in [-0.2, 0) is 14.8 Å². The zero-order chi connectivity index (χ0) is 20.6. The second-order valence-corrected chi connectivity index (χ2v) is 8.78. The minimum absolute atomic E-state index is 0.0140. The minimum atomic E-state index is -3.65. The van der Waals surface area contributed by atoms with E-state index in [0.717, 1.165) is 0 Å². The average molecular weight is 415 g/mol. The summed E-state index contributed by atoms with van der Waals surface area (Å²) in [6.45, 7) is 3.51. The summed E-state index contributed by atoms with van der Waals surface area (Å²) in [4.78, 5) is 16.9. The molecule has 0 spiro atoms. The number of hydrogen-bond donors (Lipinski definition) is 0. The molecule has 1 fully saturated rings. The van der Waals surface area contributed by atoms with E-state index in [9.17, 15) is 17.6 Å². The average Bonchev–Trinajstić information content (AvgIpc) is 3.01. The summed E-state index contributed by atoms with van der Waals surface area (Å²) in [5.74, 6) is -0.0132. The van der Waals surface area contributed by atoms with Crippen LogP contribution in [-0.4, -0.2) is 44.7 Å². The summed E-state index contributed by atoms with van der Waals surface area (Å²) in [6.07, 6.45) is 1.22. The normalized spacial score (nSPS) is 18.3. The molecule has 2 aliphatic rings. The van der Waals surface area contributed by atoms with E-state index in [1.165, 1.54) is 12.1 Å². The molecule has 1 saturated heterocycles. The van der Waals surface area contributed by atoms with Crippen LogP contribution in [0.3, 0.4) is 0 Å². The Bertz CT molecular complexity index is 1060. The molecule has 2 aromatic rings. The first-order chi connectivity index (χ1) is 13.9. The largest absolute Gasteiger partial charge is 0.355 e. The lowest BCUT2D eigenvalue weighted by atomic mass is 9.94. The van der Waals surface area contributed by atoms with Crippen LogP contribution in [0, 0.1) is 11.7 Å². The van der Waals surface area contributed by atoms with Gasteiger partial charge >= 0.3 is 0 Å². The summed E-state index contributed by atoms with van der Waals surface area (Å²) in [7, 11) is -3.65. The monoisotopic (exact) mass is 415 g/mol. The van der Waals surface area contributed by atoms with Crippen molar-refractivity contribution in [2.24, 2.45) is 10.3 Å². The number of hydrogen-bond acceptors (Lipinski definition) is 4. The van der Waals surface area contributed by atoms with Gasteiger partial charge in [-0.25, -0.2) is 4.39 Å². The molecular formula is C21H22FN3O3S. The summed E-state index contributed by atoms with van der Waals surface area (Å²) in [5, 5.41) is 0. The number of piperidine rings is 1. The van der Waals surface area contributed by atoms with Crippen LogP contribution in [0.4, 0.5) is 10.1 Å². The lowest BCUT2D eigenvalue weighted by Gasteiger charge is -2.35. The van der Waals surface area contributed by atoms with Gasteiger partial charge in [0.15, 0.2) is 5.84 Å². The number of anilines is 1. The molecule has 0 N–H and O–H groups in total. The molecule has 0 saturated carbocycles. The van der Waals surface area contributed by atoms with E-state index in [1.807, 2.05) is 11.8 Å². The fraction of sp³-hybridized carbons (Fsp3) is 0.333. The molecule has 152 valence electrons. The summed E-state index contributed by atoms with van der Waals surface area (Å²) >= 11 is 0. The summed E-state index contributed by atoms with van der Waals surface area (Å²) in [5.41, 5.74) is 1.31. The Kier molecular flexibility index (Phi) is 5.12. The molecule has 0 bridgehead atoms. The van der Waals surface area contributed by atoms with E-state index in [1.54, 1.807) is 41.3 Å². The van der Waals surface area contributed by atoms with Crippen molar-refractivity contribution in [3.05, 3.63) is 59.9 Å². The quantitative estimate of drug-likeness (QED) is 0.773. The van der Waals surface area contributed by atoms with Crippen LogP contribution in [0.5, 0.6) is 0 Å². The Morgan fingerprint density at radius 1 is 1.14 bits per heavy atom. The fourth-order valence-corrected chi connectivity index (χ4v) is 5.19. The van der Waals surface area contributed by atoms with Crippen molar-refractivity contribution in [1.82, 2.24) is 4.90 Å². The van der Waals surface area contributed by atoms with Gasteiger partial charge in [0.25, 0.3) is 10.0 Å². The molecule has 4 rings (SSSR count). The first-order valence-corrected chi connectivity index (χ1v) is 11.1. The number of nitrogens with zero attached hydrogens (tertiary/aromatic N) is 3. The molecule has 8 heteroatoms. The van der Waals surface area contributed by atoms with Crippen LogP contribution in [0.2, 0.25) is 0 Å². The highest BCUT2D eigenvalue weighted by Crippen LogP contribution is 2.30. The Morgan fingerprint density at radius 3 is 2.45 bits per heavy atom. The predicted molar refractivity (Wildman–Crippen MR) is 109 cm³/mol. The number of halogens is 1. The molecule has 2 heterocycles. The van der Waals surface area contributed by atoms with Crippen LogP contribution >= 0.6 is 0 Å². The number of fused-ring (bicyclic) bond motifs is 1. The number of benzene rings is 2.